The summed E-state index contributed by atoms with van der Waals surface area (Å²) in [4.78, 5) is 16.5. The Bertz CT molecular complexity index is 610. The molecule has 110 valence electrons. The number of hydrogen-bond donors (Lipinski definition) is 4. The van der Waals surface area contributed by atoms with Crippen LogP contribution in [0.1, 0.15) is 6.92 Å². The van der Waals surface area contributed by atoms with Crippen LogP contribution in [0.3, 0.4) is 0 Å². The molecule has 7 heteroatoms. The SMILES string of the molecule is CC(C[18F])NCC(O)COc1cccc2[nH]c(=O)[nH]c12. The number of para-hydroxylation sites is 1. The van der Waals surface area contributed by atoms with Gasteiger partial charge in [-0.1, -0.05) is 6.07 Å². The van der Waals surface area contributed by atoms with Crippen LogP contribution in [0.25, 0.3) is 11.0 Å². The summed E-state index contributed by atoms with van der Waals surface area (Å²) in [5.41, 5.74) is 0.899. The van der Waals surface area contributed by atoms with Crippen LogP contribution in [0.15, 0.2) is 23.0 Å². The first kappa shape index (κ1) is 14.5. The smallest absolute Gasteiger partial charge is 0.323 e. The van der Waals surface area contributed by atoms with E-state index in [9.17, 15) is 14.3 Å². The Kier molecular flexibility index (Phi) is 4.75. The third-order valence-corrected chi connectivity index (χ3v) is 2.88. The van der Waals surface area contributed by atoms with Crippen LogP contribution in [0.2, 0.25) is 0 Å². The number of fused-ring (bicyclic) bond motifs is 1. The van der Waals surface area contributed by atoms with E-state index in [1.165, 1.54) is 0 Å². The van der Waals surface area contributed by atoms with E-state index in [4.69, 9.17) is 4.74 Å². The van der Waals surface area contributed by atoms with E-state index in [0.29, 0.717) is 16.8 Å². The summed E-state index contributed by atoms with van der Waals surface area (Å²) in [6.07, 6.45) is -0.759. The Morgan fingerprint density at radius 3 is 3.00 bits per heavy atom. The average Bonchev–Trinajstić information content (AvgIpc) is 2.83. The van der Waals surface area contributed by atoms with Crippen molar-refractivity contribution in [3.8, 4) is 5.75 Å². The number of ether oxygens (including phenoxy) is 1. The van der Waals surface area contributed by atoms with Crippen LogP contribution in [-0.4, -0.2) is 47.0 Å². The number of halogens is 1. The fourth-order valence-electron chi connectivity index (χ4n) is 1.79. The first-order chi connectivity index (χ1) is 9.60. The molecule has 4 N–H and O–H groups in total. The summed E-state index contributed by atoms with van der Waals surface area (Å²) < 4.78 is 17.7. The average molecular weight is 282 g/mol. The number of imidazole rings is 1. The van der Waals surface area contributed by atoms with Gasteiger partial charge in [0.1, 0.15) is 30.7 Å². The summed E-state index contributed by atoms with van der Waals surface area (Å²) in [5, 5.41) is 12.6. The summed E-state index contributed by atoms with van der Waals surface area (Å²) in [5.74, 6) is 0.485. The van der Waals surface area contributed by atoms with Crippen LogP contribution in [0, 0.1) is 0 Å². The lowest BCUT2D eigenvalue weighted by molar-refractivity contribution is 0.104. The second-order valence-electron chi connectivity index (χ2n) is 4.69. The molecule has 2 aromatic rings. The van der Waals surface area contributed by atoms with Gasteiger partial charge in [-0.2, -0.15) is 0 Å². The number of hydrogen-bond acceptors (Lipinski definition) is 4. The molecule has 0 saturated heterocycles. The molecule has 6 nitrogen and oxygen atoms in total. The molecule has 1 heterocycles. The van der Waals surface area contributed by atoms with Gasteiger partial charge in [0.25, 0.3) is 0 Å². The molecule has 2 rings (SSSR count). The number of nitrogens with one attached hydrogen (secondary N) is 3. The predicted molar refractivity (Wildman–Crippen MR) is 73.9 cm³/mol. The third-order valence-electron chi connectivity index (χ3n) is 2.88. The molecule has 0 saturated carbocycles. The summed E-state index contributed by atoms with van der Waals surface area (Å²) in [6.45, 7) is 1.50. The molecule has 2 atom stereocenters. The zero-order chi connectivity index (χ0) is 14.5. The Labute approximate surface area is 115 Å². The van der Waals surface area contributed by atoms with Crippen molar-refractivity contribution in [2.75, 3.05) is 19.8 Å². The van der Waals surface area contributed by atoms with Crippen molar-refractivity contribution in [3.05, 3.63) is 28.7 Å². The van der Waals surface area contributed by atoms with Gasteiger partial charge in [-0.15, -0.1) is 0 Å². The van der Waals surface area contributed by atoms with E-state index in [1.807, 2.05) is 0 Å². The lowest BCUT2D eigenvalue weighted by Crippen LogP contribution is -2.37. The van der Waals surface area contributed by atoms with Gasteiger partial charge in [0.05, 0.1) is 5.52 Å². The van der Waals surface area contributed by atoms with Crippen LogP contribution >= 0.6 is 0 Å². The minimum atomic E-state index is -0.759. The van der Waals surface area contributed by atoms with Crippen LogP contribution in [0.5, 0.6) is 5.75 Å². The standard InChI is InChI=1S/C13H18FN3O3/c1-8(5-14)15-6-9(18)7-20-11-4-2-3-10-12(11)17-13(19)16-10/h2-4,8-9,15,18H,5-7H2,1H3,(H2,16,17,19)/i14-1. The quantitative estimate of drug-likeness (QED) is 0.597. The maximum atomic E-state index is 12.3. The number of aromatic amines is 2. The van der Waals surface area contributed by atoms with Crippen molar-refractivity contribution < 1.29 is 14.2 Å². The fraction of sp³-hybridized carbons (Fsp3) is 0.462. The van der Waals surface area contributed by atoms with E-state index >= 15 is 0 Å². The zero-order valence-corrected chi connectivity index (χ0v) is 11.1. The minimum Gasteiger partial charge on any atom is -0.489 e. The maximum Gasteiger partial charge on any atom is 0.323 e. The van der Waals surface area contributed by atoms with Gasteiger partial charge < -0.3 is 25.1 Å². The van der Waals surface area contributed by atoms with Crippen LogP contribution < -0.4 is 15.7 Å². The normalized spacial score (nSPS) is 14.3. The Balaban J connectivity index is 1.94. The van der Waals surface area contributed by atoms with Crippen molar-refractivity contribution in [2.24, 2.45) is 0 Å². The van der Waals surface area contributed by atoms with E-state index in [0.717, 1.165) is 0 Å². The minimum absolute atomic E-state index is 0.0539. The van der Waals surface area contributed by atoms with Crippen molar-refractivity contribution in [3.63, 3.8) is 0 Å². The molecule has 1 aromatic carbocycles. The Morgan fingerprint density at radius 2 is 2.25 bits per heavy atom. The van der Waals surface area contributed by atoms with E-state index in [-0.39, 0.29) is 24.9 Å². The van der Waals surface area contributed by atoms with Gasteiger partial charge in [-0.25, -0.2) is 9.18 Å². The van der Waals surface area contributed by atoms with Crippen molar-refractivity contribution in [2.45, 2.75) is 19.1 Å². The summed E-state index contributed by atoms with van der Waals surface area (Å²) >= 11 is 0. The molecule has 0 amide bonds. The second kappa shape index (κ2) is 6.53. The van der Waals surface area contributed by atoms with Gasteiger partial charge in [0.15, 0.2) is 0 Å². The molecule has 0 fully saturated rings. The van der Waals surface area contributed by atoms with Gasteiger partial charge in [-0.05, 0) is 19.1 Å². The highest BCUT2D eigenvalue weighted by Crippen LogP contribution is 2.20. The van der Waals surface area contributed by atoms with E-state index in [2.05, 4.69) is 15.3 Å². The zero-order valence-electron chi connectivity index (χ0n) is 11.1. The number of aromatic nitrogens is 2. The largest absolute Gasteiger partial charge is 0.489 e. The highest BCUT2D eigenvalue weighted by molar-refractivity contribution is 5.80. The highest BCUT2D eigenvalue weighted by Gasteiger charge is 2.10. The highest BCUT2D eigenvalue weighted by atomic mass is 18.2. The van der Waals surface area contributed by atoms with E-state index in [1.54, 1.807) is 25.1 Å². The molecule has 2 unspecified atom stereocenters. The maximum absolute atomic E-state index is 12.3. The molecule has 20 heavy (non-hydrogen) atoms. The number of alkyl halides is 1. The Morgan fingerprint density at radius 1 is 1.45 bits per heavy atom. The Hall–Kier alpha value is -1.86. The fourth-order valence-corrected chi connectivity index (χ4v) is 1.79. The first-order valence-corrected chi connectivity index (χ1v) is 6.41. The molecule has 0 aliphatic heterocycles. The first-order valence-electron chi connectivity index (χ1n) is 6.41. The number of rotatable bonds is 7. The molecule has 1 aromatic heterocycles. The monoisotopic (exact) mass is 282 g/mol. The number of aliphatic hydroxyl groups is 1. The lowest BCUT2D eigenvalue weighted by atomic mass is 10.3. The van der Waals surface area contributed by atoms with Crippen molar-refractivity contribution >= 4 is 11.0 Å². The second-order valence-corrected chi connectivity index (χ2v) is 4.69. The number of aliphatic hydroxyl groups excluding tert-OH is 1. The summed E-state index contributed by atoms with van der Waals surface area (Å²) in [7, 11) is 0. The molecule has 0 aliphatic carbocycles. The molecule has 0 bridgehead atoms. The number of H-pyrrole nitrogens is 2. The topological polar surface area (TPSA) is 90.1 Å². The van der Waals surface area contributed by atoms with Crippen LogP contribution in [-0.2, 0) is 0 Å². The molecule has 0 radical (unpaired) electrons. The predicted octanol–water partition coefficient (Wildman–Crippen LogP) is 0.544. The van der Waals surface area contributed by atoms with Gasteiger partial charge in [0, 0.05) is 12.6 Å². The number of benzene rings is 1. The lowest BCUT2D eigenvalue weighted by Gasteiger charge is -2.15. The third kappa shape index (κ3) is 3.58. The van der Waals surface area contributed by atoms with E-state index < -0.39 is 12.8 Å². The molecule has 0 aliphatic rings. The van der Waals surface area contributed by atoms with Crippen molar-refractivity contribution in [1.82, 2.24) is 15.3 Å². The van der Waals surface area contributed by atoms with Crippen molar-refractivity contribution in [1.29, 1.82) is 0 Å². The van der Waals surface area contributed by atoms with Crippen LogP contribution in [0.4, 0.5) is 4.39 Å². The van der Waals surface area contributed by atoms with Gasteiger partial charge in [-0.3, -0.25) is 0 Å². The van der Waals surface area contributed by atoms with Gasteiger partial charge >= 0.3 is 5.69 Å². The molecular weight excluding hydrogens is 264 g/mol. The molecular formula is C13H18FN3O3. The molecule has 0 spiro atoms. The van der Waals surface area contributed by atoms with Gasteiger partial charge in [0.2, 0.25) is 0 Å². The summed E-state index contributed by atoms with van der Waals surface area (Å²) in [6, 6.07) is 4.91.